The molecule has 3 fully saturated rings. The van der Waals surface area contributed by atoms with Gasteiger partial charge in [0.1, 0.15) is 11.4 Å². The SMILES string of the molecule is C=CC(=O)OCC(=O)OC1C2CC3OS(=O)(=O)C1C3C2. The lowest BCUT2D eigenvalue weighted by Gasteiger charge is -2.24. The molecular weight excluding hydrogens is 288 g/mol. The van der Waals surface area contributed by atoms with E-state index in [2.05, 4.69) is 11.3 Å². The van der Waals surface area contributed by atoms with Crippen molar-refractivity contribution in [2.24, 2.45) is 11.8 Å². The van der Waals surface area contributed by atoms with Gasteiger partial charge in [-0.1, -0.05) is 6.58 Å². The predicted molar refractivity (Wildman–Crippen MR) is 64.8 cm³/mol. The Hall–Kier alpha value is -1.41. The van der Waals surface area contributed by atoms with Crippen LogP contribution in [0.2, 0.25) is 0 Å². The molecule has 110 valence electrons. The van der Waals surface area contributed by atoms with Gasteiger partial charge in [-0.15, -0.1) is 0 Å². The fraction of sp³-hybridized carbons (Fsp3) is 0.667. The highest BCUT2D eigenvalue weighted by molar-refractivity contribution is 7.87. The average Bonchev–Trinajstić information content (AvgIpc) is 2.96. The summed E-state index contributed by atoms with van der Waals surface area (Å²) in [4.78, 5) is 22.5. The van der Waals surface area contributed by atoms with Gasteiger partial charge in [0.25, 0.3) is 10.1 Å². The van der Waals surface area contributed by atoms with Crippen molar-refractivity contribution in [1.82, 2.24) is 0 Å². The summed E-state index contributed by atoms with van der Waals surface area (Å²) < 4.78 is 38.5. The van der Waals surface area contributed by atoms with Crippen LogP contribution in [0.15, 0.2) is 12.7 Å². The monoisotopic (exact) mass is 302 g/mol. The summed E-state index contributed by atoms with van der Waals surface area (Å²) in [7, 11) is -3.66. The maximum atomic E-state index is 11.9. The molecule has 7 nitrogen and oxygen atoms in total. The van der Waals surface area contributed by atoms with Gasteiger partial charge < -0.3 is 9.47 Å². The van der Waals surface area contributed by atoms with Gasteiger partial charge in [0.2, 0.25) is 0 Å². The number of rotatable bonds is 4. The molecule has 0 radical (unpaired) electrons. The van der Waals surface area contributed by atoms with E-state index in [4.69, 9.17) is 8.92 Å². The first-order valence-corrected chi connectivity index (χ1v) is 7.80. The van der Waals surface area contributed by atoms with Gasteiger partial charge in [0, 0.05) is 17.9 Å². The Bertz CT molecular complexity index is 564. The summed E-state index contributed by atoms with van der Waals surface area (Å²) in [6.45, 7) is 2.65. The van der Waals surface area contributed by atoms with Crippen molar-refractivity contribution in [2.75, 3.05) is 6.61 Å². The number of fused-ring (bicyclic) bond motifs is 1. The van der Waals surface area contributed by atoms with Gasteiger partial charge in [-0.2, -0.15) is 8.42 Å². The molecule has 0 aromatic carbocycles. The van der Waals surface area contributed by atoms with E-state index in [1.165, 1.54) is 0 Å². The molecular formula is C12H14O7S. The fourth-order valence-corrected chi connectivity index (χ4v) is 5.48. The lowest BCUT2D eigenvalue weighted by atomic mass is 9.95. The van der Waals surface area contributed by atoms with Crippen molar-refractivity contribution in [3.63, 3.8) is 0 Å². The molecule has 20 heavy (non-hydrogen) atoms. The molecule has 2 bridgehead atoms. The molecule has 0 N–H and O–H groups in total. The number of carbonyl (C=O) groups is 2. The molecule has 0 spiro atoms. The van der Waals surface area contributed by atoms with Crippen LogP contribution < -0.4 is 0 Å². The van der Waals surface area contributed by atoms with Crippen molar-refractivity contribution in [3.05, 3.63) is 12.7 Å². The first-order chi connectivity index (χ1) is 9.42. The molecule has 8 heteroatoms. The molecule has 2 saturated carbocycles. The topological polar surface area (TPSA) is 96.0 Å². The summed E-state index contributed by atoms with van der Waals surface area (Å²) in [5.74, 6) is -1.56. The van der Waals surface area contributed by atoms with E-state index in [0.29, 0.717) is 12.8 Å². The predicted octanol–water partition coefficient (Wildman–Crippen LogP) is -0.236. The molecule has 5 unspecified atom stereocenters. The Morgan fingerprint density at radius 1 is 1.35 bits per heavy atom. The summed E-state index contributed by atoms with van der Waals surface area (Å²) in [5.41, 5.74) is 0. The molecule has 0 aromatic heterocycles. The molecule has 1 saturated heterocycles. The highest BCUT2D eigenvalue weighted by Crippen LogP contribution is 2.55. The van der Waals surface area contributed by atoms with Crippen LogP contribution in [0.4, 0.5) is 0 Å². The zero-order valence-corrected chi connectivity index (χ0v) is 11.4. The van der Waals surface area contributed by atoms with Crippen LogP contribution >= 0.6 is 0 Å². The molecule has 2 aliphatic carbocycles. The third-order valence-corrected chi connectivity index (χ3v) is 5.96. The van der Waals surface area contributed by atoms with Gasteiger partial charge in [-0.05, 0) is 12.8 Å². The second-order valence-corrected chi connectivity index (χ2v) is 6.98. The lowest BCUT2D eigenvalue weighted by Crippen LogP contribution is -2.40. The smallest absolute Gasteiger partial charge is 0.344 e. The quantitative estimate of drug-likeness (QED) is 0.402. The Morgan fingerprint density at radius 2 is 2.10 bits per heavy atom. The Balaban J connectivity index is 1.65. The number of ether oxygens (including phenoxy) is 2. The second kappa shape index (κ2) is 4.56. The van der Waals surface area contributed by atoms with Crippen molar-refractivity contribution in [3.8, 4) is 0 Å². The summed E-state index contributed by atoms with van der Waals surface area (Å²) in [6.07, 6.45) is 1.26. The fourth-order valence-electron chi connectivity index (χ4n) is 3.46. The van der Waals surface area contributed by atoms with E-state index >= 15 is 0 Å². The van der Waals surface area contributed by atoms with E-state index < -0.39 is 40.0 Å². The lowest BCUT2D eigenvalue weighted by molar-refractivity contribution is -0.161. The van der Waals surface area contributed by atoms with Crippen molar-refractivity contribution < 1.29 is 31.7 Å². The first-order valence-electron chi connectivity index (χ1n) is 6.33. The minimum absolute atomic E-state index is 0.00586. The van der Waals surface area contributed by atoms with Gasteiger partial charge in [0.05, 0.1) is 6.10 Å². The molecule has 0 amide bonds. The van der Waals surface area contributed by atoms with E-state index in [9.17, 15) is 18.0 Å². The van der Waals surface area contributed by atoms with Crippen LogP contribution in [0.5, 0.6) is 0 Å². The minimum atomic E-state index is -3.66. The van der Waals surface area contributed by atoms with Gasteiger partial charge >= 0.3 is 11.9 Å². The van der Waals surface area contributed by atoms with Crippen molar-refractivity contribution in [2.45, 2.75) is 30.3 Å². The molecule has 0 aromatic rings. The van der Waals surface area contributed by atoms with Crippen LogP contribution in [0, 0.1) is 11.8 Å². The van der Waals surface area contributed by atoms with E-state index in [-0.39, 0.29) is 17.9 Å². The number of hydrogen-bond donors (Lipinski definition) is 0. The maximum absolute atomic E-state index is 11.9. The van der Waals surface area contributed by atoms with Gasteiger partial charge in [-0.3, -0.25) is 4.18 Å². The Morgan fingerprint density at radius 3 is 2.80 bits per heavy atom. The second-order valence-electron chi connectivity index (χ2n) is 5.25. The minimum Gasteiger partial charge on any atom is -0.458 e. The Labute approximate surface area is 116 Å². The molecule has 1 aliphatic heterocycles. The summed E-state index contributed by atoms with van der Waals surface area (Å²) >= 11 is 0. The third kappa shape index (κ3) is 2.03. The third-order valence-electron chi connectivity index (χ3n) is 4.16. The van der Waals surface area contributed by atoms with E-state index in [0.717, 1.165) is 6.08 Å². The zero-order chi connectivity index (χ0) is 14.5. The Kier molecular flexibility index (Phi) is 3.09. The highest BCUT2D eigenvalue weighted by Gasteiger charge is 2.66. The highest BCUT2D eigenvalue weighted by atomic mass is 32.2. The number of carbonyl (C=O) groups excluding carboxylic acids is 2. The molecule has 5 atom stereocenters. The number of esters is 2. The average molecular weight is 302 g/mol. The van der Waals surface area contributed by atoms with Crippen LogP contribution in [0.1, 0.15) is 12.8 Å². The van der Waals surface area contributed by atoms with E-state index in [1.54, 1.807) is 0 Å². The van der Waals surface area contributed by atoms with Crippen LogP contribution in [0.25, 0.3) is 0 Å². The van der Waals surface area contributed by atoms with Gasteiger partial charge in [-0.25, -0.2) is 9.59 Å². The molecule has 3 aliphatic rings. The standard InChI is InChI=1S/C12H14O7S/c1-2-9(13)17-5-10(14)18-11-6-3-7-8(4-6)19-20(15,16)12(7)11/h2,6-8,11-12H,1,3-5H2. The van der Waals surface area contributed by atoms with Crippen molar-refractivity contribution in [1.29, 1.82) is 0 Å². The zero-order valence-electron chi connectivity index (χ0n) is 10.6. The first kappa shape index (κ1) is 13.6. The van der Waals surface area contributed by atoms with E-state index in [1.807, 2.05) is 0 Å². The normalized spacial score (nSPS) is 39.5. The van der Waals surface area contributed by atoms with Crippen LogP contribution in [-0.2, 0) is 33.4 Å². The van der Waals surface area contributed by atoms with Crippen LogP contribution in [-0.4, -0.2) is 44.4 Å². The number of hydrogen-bond acceptors (Lipinski definition) is 7. The van der Waals surface area contributed by atoms with Crippen LogP contribution in [0.3, 0.4) is 0 Å². The summed E-state index contributed by atoms with van der Waals surface area (Å²) in [5, 5.41) is -0.773. The molecule has 1 heterocycles. The van der Waals surface area contributed by atoms with Crippen molar-refractivity contribution >= 4 is 22.1 Å². The maximum Gasteiger partial charge on any atom is 0.344 e. The largest absolute Gasteiger partial charge is 0.458 e. The molecule has 3 rings (SSSR count). The van der Waals surface area contributed by atoms with Gasteiger partial charge in [0.15, 0.2) is 6.61 Å². The summed E-state index contributed by atoms with van der Waals surface area (Å²) in [6, 6.07) is 0.